The molecule has 0 aliphatic heterocycles. The second-order valence-electron chi connectivity index (χ2n) is 3.65. The fourth-order valence-electron chi connectivity index (χ4n) is 1.39. The largest absolute Gasteiger partial charge is 0.298 e. The number of nitrogens with one attached hydrogen (secondary N) is 1. The van der Waals surface area contributed by atoms with Crippen LogP contribution in [0.3, 0.4) is 0 Å². The average molecular weight is 316 g/mol. The molecule has 0 saturated heterocycles. The first-order valence-electron chi connectivity index (χ1n) is 5.27. The Balaban J connectivity index is 2.18. The Morgan fingerprint density at radius 2 is 2.30 bits per heavy atom. The number of non-ortho nitro benzene ring substituents is 1. The Bertz CT molecular complexity index is 677. The van der Waals surface area contributed by atoms with E-state index in [9.17, 15) is 19.3 Å². The minimum atomic E-state index is -0.967. The molecule has 0 saturated carbocycles. The Morgan fingerprint density at radius 3 is 2.85 bits per heavy atom. The van der Waals surface area contributed by atoms with Gasteiger partial charge in [-0.3, -0.25) is 20.2 Å². The van der Waals surface area contributed by atoms with E-state index in [1.165, 1.54) is 0 Å². The van der Waals surface area contributed by atoms with Gasteiger partial charge in [-0.1, -0.05) is 0 Å². The quantitative estimate of drug-likeness (QED) is 0.533. The summed E-state index contributed by atoms with van der Waals surface area (Å²) in [5, 5.41) is 14.8. The van der Waals surface area contributed by atoms with Crippen LogP contribution >= 0.6 is 22.9 Å². The molecule has 0 fully saturated rings. The summed E-state index contributed by atoms with van der Waals surface area (Å²) in [5.41, 5.74) is -0.118. The zero-order chi connectivity index (χ0) is 14.7. The van der Waals surface area contributed by atoms with Gasteiger partial charge in [-0.2, -0.15) is 0 Å². The van der Waals surface area contributed by atoms with E-state index in [0.29, 0.717) is 11.8 Å². The van der Waals surface area contributed by atoms with E-state index in [1.807, 2.05) is 0 Å². The van der Waals surface area contributed by atoms with Gasteiger partial charge < -0.3 is 0 Å². The van der Waals surface area contributed by atoms with Gasteiger partial charge in [-0.05, 0) is 6.07 Å². The summed E-state index contributed by atoms with van der Waals surface area (Å²) in [6.07, 6.45) is 0. The number of nitro groups is 1. The van der Waals surface area contributed by atoms with Crippen molar-refractivity contribution in [2.45, 2.75) is 5.88 Å². The molecular formula is C11H7ClFN3O3S. The van der Waals surface area contributed by atoms with Crippen molar-refractivity contribution in [2.75, 3.05) is 5.32 Å². The van der Waals surface area contributed by atoms with Crippen molar-refractivity contribution in [3.05, 3.63) is 50.8 Å². The molecule has 0 bridgehead atoms. The number of thiazole rings is 1. The van der Waals surface area contributed by atoms with Crippen LogP contribution in [-0.4, -0.2) is 15.8 Å². The van der Waals surface area contributed by atoms with E-state index in [1.54, 1.807) is 5.38 Å². The molecule has 1 aromatic carbocycles. The highest BCUT2D eigenvalue weighted by Crippen LogP contribution is 2.20. The Hall–Kier alpha value is -2.06. The Morgan fingerprint density at radius 1 is 1.55 bits per heavy atom. The lowest BCUT2D eigenvalue weighted by atomic mass is 10.2. The molecule has 0 radical (unpaired) electrons. The van der Waals surface area contributed by atoms with Gasteiger partial charge in [0.15, 0.2) is 5.13 Å². The van der Waals surface area contributed by atoms with Gasteiger partial charge in [0.25, 0.3) is 11.6 Å². The standard InChI is InChI=1S/C11H7ClFN3O3S/c12-4-6-5-20-11(14-6)15-10(17)8-2-1-7(16(18)19)3-9(8)13/h1-3,5H,4H2,(H,14,15,17). The van der Waals surface area contributed by atoms with Gasteiger partial charge in [0.2, 0.25) is 0 Å². The highest BCUT2D eigenvalue weighted by Gasteiger charge is 2.17. The number of halogens is 2. The zero-order valence-corrected chi connectivity index (χ0v) is 11.4. The van der Waals surface area contributed by atoms with Crippen molar-refractivity contribution in [1.82, 2.24) is 4.98 Å². The average Bonchev–Trinajstić information content (AvgIpc) is 2.85. The fraction of sp³-hybridized carbons (Fsp3) is 0.0909. The molecular weight excluding hydrogens is 309 g/mol. The number of aromatic nitrogens is 1. The van der Waals surface area contributed by atoms with Crippen LogP contribution in [-0.2, 0) is 5.88 Å². The molecule has 0 spiro atoms. The van der Waals surface area contributed by atoms with Crippen LogP contribution in [0.25, 0.3) is 0 Å². The molecule has 0 unspecified atom stereocenters. The lowest BCUT2D eigenvalue weighted by molar-refractivity contribution is -0.385. The van der Waals surface area contributed by atoms with Crippen molar-refractivity contribution in [3.8, 4) is 0 Å². The van der Waals surface area contributed by atoms with E-state index >= 15 is 0 Å². The van der Waals surface area contributed by atoms with E-state index in [0.717, 1.165) is 23.5 Å². The summed E-state index contributed by atoms with van der Waals surface area (Å²) < 4.78 is 13.6. The first-order chi connectivity index (χ1) is 9.51. The molecule has 1 heterocycles. The molecule has 1 amide bonds. The second-order valence-corrected chi connectivity index (χ2v) is 4.78. The molecule has 20 heavy (non-hydrogen) atoms. The number of rotatable bonds is 4. The van der Waals surface area contributed by atoms with E-state index in [2.05, 4.69) is 10.3 Å². The number of nitro benzene ring substituents is 1. The molecule has 0 aliphatic rings. The van der Waals surface area contributed by atoms with Crippen LogP contribution in [0.2, 0.25) is 0 Å². The number of carbonyl (C=O) groups is 1. The fourth-order valence-corrected chi connectivity index (χ4v) is 2.33. The SMILES string of the molecule is O=C(Nc1nc(CCl)cs1)c1ccc([N+](=O)[O-])cc1F. The van der Waals surface area contributed by atoms with Crippen LogP contribution in [0.1, 0.15) is 16.1 Å². The number of carbonyl (C=O) groups excluding carboxylic acids is 1. The molecule has 6 nitrogen and oxygen atoms in total. The number of nitrogens with zero attached hydrogens (tertiary/aromatic N) is 2. The Labute approximate surface area is 121 Å². The van der Waals surface area contributed by atoms with E-state index < -0.39 is 22.3 Å². The van der Waals surface area contributed by atoms with Crippen molar-refractivity contribution in [2.24, 2.45) is 0 Å². The number of hydrogen-bond donors (Lipinski definition) is 1. The van der Waals surface area contributed by atoms with Gasteiger partial charge >= 0.3 is 0 Å². The molecule has 2 aromatic rings. The number of amides is 1. The van der Waals surface area contributed by atoms with Crippen LogP contribution in [0.15, 0.2) is 23.6 Å². The lowest BCUT2D eigenvalue weighted by Crippen LogP contribution is -2.13. The third-order valence-electron chi connectivity index (χ3n) is 2.32. The summed E-state index contributed by atoms with van der Waals surface area (Å²) in [5.74, 6) is -1.49. The van der Waals surface area contributed by atoms with Crippen LogP contribution in [0, 0.1) is 15.9 Å². The van der Waals surface area contributed by atoms with Crippen molar-refractivity contribution in [3.63, 3.8) is 0 Å². The summed E-state index contributed by atoms with van der Waals surface area (Å²) in [6, 6.07) is 2.81. The summed E-state index contributed by atoms with van der Waals surface area (Å²) in [7, 11) is 0. The molecule has 1 aromatic heterocycles. The maximum absolute atomic E-state index is 13.6. The molecule has 0 atom stereocenters. The predicted molar refractivity (Wildman–Crippen MR) is 72.7 cm³/mol. The van der Waals surface area contributed by atoms with Crippen LogP contribution < -0.4 is 5.32 Å². The summed E-state index contributed by atoms with van der Waals surface area (Å²) in [6.45, 7) is 0. The predicted octanol–water partition coefficient (Wildman–Crippen LogP) is 3.18. The Kier molecular flexibility index (Phi) is 4.26. The zero-order valence-electron chi connectivity index (χ0n) is 9.80. The van der Waals surface area contributed by atoms with Gasteiger partial charge in [0.05, 0.1) is 28.1 Å². The smallest absolute Gasteiger partial charge is 0.272 e. The first-order valence-corrected chi connectivity index (χ1v) is 6.68. The first kappa shape index (κ1) is 14.4. The van der Waals surface area contributed by atoms with Crippen molar-refractivity contribution >= 4 is 39.7 Å². The number of hydrogen-bond acceptors (Lipinski definition) is 5. The lowest BCUT2D eigenvalue weighted by Gasteiger charge is -2.02. The number of anilines is 1. The topological polar surface area (TPSA) is 85.1 Å². The highest BCUT2D eigenvalue weighted by atomic mass is 35.5. The monoisotopic (exact) mass is 315 g/mol. The molecule has 1 N–H and O–H groups in total. The third-order valence-corrected chi connectivity index (χ3v) is 3.40. The maximum Gasteiger partial charge on any atom is 0.272 e. The molecule has 9 heteroatoms. The van der Waals surface area contributed by atoms with Crippen LogP contribution in [0.4, 0.5) is 15.2 Å². The normalized spacial score (nSPS) is 10.3. The second kappa shape index (κ2) is 5.93. The minimum absolute atomic E-state index is 0.207. The number of alkyl halides is 1. The number of benzene rings is 1. The highest BCUT2D eigenvalue weighted by molar-refractivity contribution is 7.14. The van der Waals surface area contributed by atoms with Gasteiger partial charge in [-0.25, -0.2) is 9.37 Å². The van der Waals surface area contributed by atoms with E-state index in [-0.39, 0.29) is 16.6 Å². The molecule has 0 aliphatic carbocycles. The molecule has 104 valence electrons. The van der Waals surface area contributed by atoms with Gasteiger partial charge in [0.1, 0.15) is 5.82 Å². The third kappa shape index (κ3) is 3.09. The summed E-state index contributed by atoms with van der Waals surface area (Å²) in [4.78, 5) is 25.6. The maximum atomic E-state index is 13.6. The summed E-state index contributed by atoms with van der Waals surface area (Å²) >= 11 is 6.73. The van der Waals surface area contributed by atoms with Crippen LogP contribution in [0.5, 0.6) is 0 Å². The molecule has 2 rings (SSSR count). The van der Waals surface area contributed by atoms with Crippen molar-refractivity contribution in [1.29, 1.82) is 0 Å². The van der Waals surface area contributed by atoms with Gasteiger partial charge in [0, 0.05) is 11.4 Å². The van der Waals surface area contributed by atoms with Crippen molar-refractivity contribution < 1.29 is 14.1 Å². The minimum Gasteiger partial charge on any atom is -0.298 e. The van der Waals surface area contributed by atoms with E-state index in [4.69, 9.17) is 11.6 Å². The van der Waals surface area contributed by atoms with Gasteiger partial charge in [-0.15, -0.1) is 22.9 Å².